The van der Waals surface area contributed by atoms with Gasteiger partial charge in [-0.05, 0) is 23.6 Å². The highest BCUT2D eigenvalue weighted by molar-refractivity contribution is 5.49. The van der Waals surface area contributed by atoms with Gasteiger partial charge in [0.1, 0.15) is 5.41 Å². The maximum atomic E-state index is 9.50. The summed E-state index contributed by atoms with van der Waals surface area (Å²) < 4.78 is 10.5. The largest absolute Gasteiger partial charge is 0.493 e. The van der Waals surface area contributed by atoms with Gasteiger partial charge in [-0.15, -0.1) is 6.58 Å². The number of hydrogen-bond donors (Lipinski definition) is 0. The minimum Gasteiger partial charge on any atom is -0.493 e. The molecule has 0 spiro atoms. The van der Waals surface area contributed by atoms with Gasteiger partial charge in [-0.2, -0.15) is 5.26 Å². The van der Waals surface area contributed by atoms with E-state index in [-0.39, 0.29) is 5.92 Å². The number of hydrogen-bond acceptors (Lipinski definition) is 3. The molecule has 1 aromatic rings. The van der Waals surface area contributed by atoms with Crippen LogP contribution in [0.3, 0.4) is 0 Å². The van der Waals surface area contributed by atoms with Crippen LogP contribution in [0, 0.1) is 17.2 Å². The molecule has 0 saturated heterocycles. The van der Waals surface area contributed by atoms with Gasteiger partial charge in [-0.1, -0.05) is 26.0 Å². The third-order valence-electron chi connectivity index (χ3n) is 3.28. The smallest absolute Gasteiger partial charge is 0.161 e. The highest BCUT2D eigenvalue weighted by Gasteiger charge is 2.33. The van der Waals surface area contributed by atoms with Crippen LogP contribution in [-0.2, 0) is 5.41 Å². The molecule has 1 atom stereocenters. The highest BCUT2D eigenvalue weighted by atomic mass is 16.5. The molecule has 0 saturated carbocycles. The van der Waals surface area contributed by atoms with Gasteiger partial charge in [0, 0.05) is 0 Å². The van der Waals surface area contributed by atoms with Crippen LogP contribution in [0.2, 0.25) is 0 Å². The first-order valence-electron chi connectivity index (χ1n) is 5.83. The van der Waals surface area contributed by atoms with Gasteiger partial charge in [-0.25, -0.2) is 0 Å². The van der Waals surface area contributed by atoms with Crippen molar-refractivity contribution in [3.63, 3.8) is 0 Å². The van der Waals surface area contributed by atoms with E-state index in [0.717, 1.165) is 5.56 Å². The zero-order chi connectivity index (χ0) is 13.8. The van der Waals surface area contributed by atoms with Crippen molar-refractivity contribution in [2.45, 2.75) is 19.3 Å². The summed E-state index contributed by atoms with van der Waals surface area (Å²) in [7, 11) is 3.17. The lowest BCUT2D eigenvalue weighted by molar-refractivity contribution is 0.353. The van der Waals surface area contributed by atoms with E-state index in [9.17, 15) is 5.26 Å². The van der Waals surface area contributed by atoms with Crippen LogP contribution in [0.4, 0.5) is 0 Å². The minimum atomic E-state index is -0.709. The van der Waals surface area contributed by atoms with Gasteiger partial charge in [0.25, 0.3) is 0 Å². The maximum absolute atomic E-state index is 9.50. The Morgan fingerprint density at radius 3 is 2.28 bits per heavy atom. The van der Waals surface area contributed by atoms with E-state index in [4.69, 9.17) is 9.47 Å². The number of ether oxygens (including phenoxy) is 2. The summed E-state index contributed by atoms with van der Waals surface area (Å²) in [6, 6.07) is 7.89. The molecule has 18 heavy (non-hydrogen) atoms. The SMILES string of the molecule is C=CC(C#N)(c1ccc(OC)c(OC)c1)C(C)C. The first-order valence-corrected chi connectivity index (χ1v) is 5.83. The number of methoxy groups -OCH3 is 2. The fourth-order valence-corrected chi connectivity index (χ4v) is 2.02. The van der Waals surface area contributed by atoms with Crippen molar-refractivity contribution in [3.05, 3.63) is 36.4 Å². The van der Waals surface area contributed by atoms with Crippen LogP contribution >= 0.6 is 0 Å². The minimum absolute atomic E-state index is 0.123. The van der Waals surface area contributed by atoms with E-state index in [0.29, 0.717) is 11.5 Å². The van der Waals surface area contributed by atoms with Crippen molar-refractivity contribution in [2.24, 2.45) is 5.92 Å². The topological polar surface area (TPSA) is 42.2 Å². The van der Waals surface area contributed by atoms with Crippen LogP contribution in [0.25, 0.3) is 0 Å². The van der Waals surface area contributed by atoms with E-state index in [1.54, 1.807) is 20.3 Å². The predicted octanol–water partition coefficient (Wildman–Crippen LogP) is 3.31. The van der Waals surface area contributed by atoms with Crippen LogP contribution in [0.1, 0.15) is 19.4 Å². The number of nitrogens with zero attached hydrogens (tertiary/aromatic N) is 1. The molecule has 0 fully saturated rings. The summed E-state index contributed by atoms with van der Waals surface area (Å²) in [5, 5.41) is 9.50. The molecular formula is C15H19NO2. The molecule has 3 heteroatoms. The van der Waals surface area contributed by atoms with E-state index in [1.165, 1.54) is 0 Å². The van der Waals surface area contributed by atoms with Crippen molar-refractivity contribution in [1.29, 1.82) is 5.26 Å². The molecule has 1 unspecified atom stereocenters. The number of rotatable bonds is 5. The average molecular weight is 245 g/mol. The quantitative estimate of drug-likeness (QED) is 0.747. The molecule has 0 bridgehead atoms. The lowest BCUT2D eigenvalue weighted by atomic mass is 9.73. The number of allylic oxidation sites excluding steroid dienone is 1. The van der Waals surface area contributed by atoms with Crippen LogP contribution in [0.5, 0.6) is 11.5 Å². The highest BCUT2D eigenvalue weighted by Crippen LogP contribution is 2.37. The molecule has 0 heterocycles. The van der Waals surface area contributed by atoms with Crippen molar-refractivity contribution in [1.82, 2.24) is 0 Å². The van der Waals surface area contributed by atoms with Crippen molar-refractivity contribution < 1.29 is 9.47 Å². The molecule has 0 amide bonds. The molecule has 1 rings (SSSR count). The Morgan fingerprint density at radius 1 is 1.28 bits per heavy atom. The Balaban J connectivity index is 3.40. The van der Waals surface area contributed by atoms with Crippen LogP contribution < -0.4 is 9.47 Å². The fourth-order valence-electron chi connectivity index (χ4n) is 2.02. The summed E-state index contributed by atoms with van der Waals surface area (Å²) >= 11 is 0. The Labute approximate surface area is 109 Å². The molecule has 0 aromatic heterocycles. The number of nitriles is 1. The molecule has 0 aliphatic carbocycles. The number of benzene rings is 1. The first kappa shape index (κ1) is 14.1. The lowest BCUT2D eigenvalue weighted by Crippen LogP contribution is -2.27. The van der Waals surface area contributed by atoms with Gasteiger partial charge in [0.05, 0.1) is 20.3 Å². The molecule has 1 aromatic carbocycles. The van der Waals surface area contributed by atoms with Crippen LogP contribution in [-0.4, -0.2) is 14.2 Å². The maximum Gasteiger partial charge on any atom is 0.161 e. The molecule has 0 aliphatic heterocycles. The van der Waals surface area contributed by atoms with Crippen LogP contribution in [0.15, 0.2) is 30.9 Å². The summed E-state index contributed by atoms with van der Waals surface area (Å²) in [5.41, 5.74) is 0.159. The Hall–Kier alpha value is -1.95. The second kappa shape index (κ2) is 5.59. The molecule has 0 aliphatic rings. The summed E-state index contributed by atoms with van der Waals surface area (Å²) in [6.07, 6.45) is 1.69. The summed E-state index contributed by atoms with van der Waals surface area (Å²) in [4.78, 5) is 0. The predicted molar refractivity (Wildman–Crippen MR) is 71.9 cm³/mol. The second-order valence-electron chi connectivity index (χ2n) is 4.41. The van der Waals surface area contributed by atoms with E-state index < -0.39 is 5.41 Å². The standard InChI is InChI=1S/C15H19NO2/c1-6-15(10-16,11(2)3)12-7-8-13(17-4)14(9-12)18-5/h6-9,11H,1H2,2-5H3. The molecule has 0 N–H and O–H groups in total. The molecule has 0 radical (unpaired) electrons. The Morgan fingerprint density at radius 2 is 1.89 bits per heavy atom. The first-order chi connectivity index (χ1) is 8.55. The molecular weight excluding hydrogens is 226 g/mol. The second-order valence-corrected chi connectivity index (χ2v) is 4.41. The van der Waals surface area contributed by atoms with Gasteiger partial charge in [0.15, 0.2) is 11.5 Å². The molecule has 96 valence electrons. The van der Waals surface area contributed by atoms with Crippen molar-refractivity contribution >= 4 is 0 Å². The normalized spacial score (nSPS) is 13.6. The zero-order valence-electron chi connectivity index (χ0n) is 11.4. The third kappa shape index (κ3) is 2.19. The van der Waals surface area contributed by atoms with E-state index in [2.05, 4.69) is 12.6 Å². The Kier molecular flexibility index (Phi) is 4.38. The van der Waals surface area contributed by atoms with Gasteiger partial charge < -0.3 is 9.47 Å². The summed E-state index contributed by atoms with van der Waals surface area (Å²) in [5.74, 6) is 1.40. The Bertz CT molecular complexity index is 474. The fraction of sp³-hybridized carbons (Fsp3) is 0.400. The average Bonchev–Trinajstić information content (AvgIpc) is 2.40. The third-order valence-corrected chi connectivity index (χ3v) is 3.28. The monoisotopic (exact) mass is 245 g/mol. The summed E-state index contributed by atoms with van der Waals surface area (Å²) in [6.45, 7) is 7.81. The zero-order valence-corrected chi connectivity index (χ0v) is 11.4. The van der Waals surface area contributed by atoms with Crippen molar-refractivity contribution in [2.75, 3.05) is 14.2 Å². The van der Waals surface area contributed by atoms with Gasteiger partial charge in [-0.3, -0.25) is 0 Å². The van der Waals surface area contributed by atoms with Crippen molar-refractivity contribution in [3.8, 4) is 17.6 Å². The lowest BCUT2D eigenvalue weighted by Gasteiger charge is -2.28. The van der Waals surface area contributed by atoms with Gasteiger partial charge in [0.2, 0.25) is 0 Å². The van der Waals surface area contributed by atoms with E-state index >= 15 is 0 Å². The molecule has 3 nitrogen and oxygen atoms in total. The van der Waals surface area contributed by atoms with E-state index in [1.807, 2.05) is 32.0 Å². The van der Waals surface area contributed by atoms with Gasteiger partial charge >= 0.3 is 0 Å².